The summed E-state index contributed by atoms with van der Waals surface area (Å²) >= 11 is 6.05. The van der Waals surface area contributed by atoms with Crippen LogP contribution in [-0.2, 0) is 0 Å². The maximum absolute atomic E-state index is 8.84. The highest BCUT2D eigenvalue weighted by Gasteiger charge is 2.19. The minimum atomic E-state index is 0.528. The second-order valence-electron chi connectivity index (χ2n) is 4.47. The third-order valence-electron chi connectivity index (χ3n) is 3.29. The fraction of sp³-hybridized carbons (Fsp3) is 0.462. The van der Waals surface area contributed by atoms with Crippen LogP contribution in [0.25, 0.3) is 0 Å². The van der Waals surface area contributed by atoms with E-state index in [1.165, 1.54) is 12.8 Å². The second kappa shape index (κ2) is 5.39. The van der Waals surface area contributed by atoms with E-state index in [9.17, 15) is 0 Å². The first-order chi connectivity index (χ1) is 8.24. The molecule has 0 aromatic heterocycles. The molecule has 1 atom stereocenters. The van der Waals surface area contributed by atoms with Crippen LogP contribution in [0.1, 0.15) is 18.4 Å². The lowest BCUT2D eigenvalue weighted by Gasteiger charge is -2.34. The van der Waals surface area contributed by atoms with Gasteiger partial charge in [-0.2, -0.15) is 5.26 Å². The summed E-state index contributed by atoms with van der Waals surface area (Å²) in [5, 5.41) is 9.36. The molecule has 1 aliphatic heterocycles. The molecule has 2 N–H and O–H groups in total. The van der Waals surface area contributed by atoms with Crippen LogP contribution < -0.4 is 10.6 Å². The van der Waals surface area contributed by atoms with E-state index in [0.717, 1.165) is 25.3 Å². The number of hydrogen-bond donors (Lipinski definition) is 1. The van der Waals surface area contributed by atoms with E-state index in [0.29, 0.717) is 16.5 Å². The molecule has 1 aromatic rings. The molecule has 3 nitrogen and oxygen atoms in total. The lowest BCUT2D eigenvalue weighted by molar-refractivity contribution is 0.423. The molecule has 0 aliphatic carbocycles. The summed E-state index contributed by atoms with van der Waals surface area (Å²) in [5.41, 5.74) is 7.34. The van der Waals surface area contributed by atoms with Gasteiger partial charge in [0, 0.05) is 18.8 Å². The van der Waals surface area contributed by atoms with E-state index in [1.807, 2.05) is 12.1 Å². The summed E-state index contributed by atoms with van der Waals surface area (Å²) in [6, 6.07) is 7.69. The third kappa shape index (κ3) is 2.71. The molecule has 90 valence electrons. The Hall–Kier alpha value is -1.24. The van der Waals surface area contributed by atoms with Gasteiger partial charge in [0.1, 0.15) is 6.07 Å². The molecule has 1 heterocycles. The monoisotopic (exact) mass is 249 g/mol. The molecule has 0 saturated carbocycles. The molecule has 1 unspecified atom stereocenters. The van der Waals surface area contributed by atoms with Gasteiger partial charge in [0.2, 0.25) is 0 Å². The van der Waals surface area contributed by atoms with Gasteiger partial charge in [0.15, 0.2) is 0 Å². The maximum Gasteiger partial charge on any atom is 0.101 e. The van der Waals surface area contributed by atoms with E-state index in [-0.39, 0.29) is 0 Å². The van der Waals surface area contributed by atoms with Crippen LogP contribution in [0.4, 0.5) is 5.69 Å². The number of hydrogen-bond acceptors (Lipinski definition) is 3. The van der Waals surface area contributed by atoms with Crippen molar-refractivity contribution < 1.29 is 0 Å². The number of anilines is 1. The van der Waals surface area contributed by atoms with Crippen molar-refractivity contribution in [2.24, 2.45) is 11.7 Å². The van der Waals surface area contributed by atoms with Crippen LogP contribution in [-0.4, -0.2) is 19.6 Å². The molecule has 17 heavy (non-hydrogen) atoms. The number of benzene rings is 1. The Morgan fingerprint density at radius 2 is 2.35 bits per heavy atom. The van der Waals surface area contributed by atoms with Crippen molar-refractivity contribution in [2.45, 2.75) is 12.8 Å². The number of rotatable bonds is 2. The SMILES string of the molecule is N#Cc1ccc(N2CCCC(CN)C2)cc1Cl. The van der Waals surface area contributed by atoms with E-state index in [2.05, 4.69) is 11.0 Å². The normalized spacial score (nSPS) is 20.1. The van der Waals surface area contributed by atoms with Crippen molar-refractivity contribution in [1.82, 2.24) is 0 Å². The molecule has 4 heteroatoms. The fourth-order valence-corrected chi connectivity index (χ4v) is 2.50. The van der Waals surface area contributed by atoms with Gasteiger partial charge >= 0.3 is 0 Å². The second-order valence-corrected chi connectivity index (χ2v) is 4.87. The molecule has 1 fully saturated rings. The van der Waals surface area contributed by atoms with Crippen LogP contribution in [0.2, 0.25) is 5.02 Å². The molecule has 0 spiro atoms. The molecule has 0 bridgehead atoms. The van der Waals surface area contributed by atoms with Crippen molar-refractivity contribution in [3.63, 3.8) is 0 Å². The van der Waals surface area contributed by atoms with Gasteiger partial charge in [-0.3, -0.25) is 0 Å². The van der Waals surface area contributed by atoms with Crippen LogP contribution in [0.15, 0.2) is 18.2 Å². The summed E-state index contributed by atoms with van der Waals surface area (Å²) < 4.78 is 0. The average molecular weight is 250 g/mol. The van der Waals surface area contributed by atoms with Crippen LogP contribution in [0.3, 0.4) is 0 Å². The predicted molar refractivity (Wildman–Crippen MR) is 70.2 cm³/mol. The van der Waals surface area contributed by atoms with Gasteiger partial charge in [0.05, 0.1) is 10.6 Å². The maximum atomic E-state index is 8.84. The molecular weight excluding hydrogens is 234 g/mol. The highest BCUT2D eigenvalue weighted by Crippen LogP contribution is 2.27. The molecule has 1 saturated heterocycles. The third-order valence-corrected chi connectivity index (χ3v) is 3.60. The zero-order valence-corrected chi connectivity index (χ0v) is 10.5. The molecule has 2 rings (SSSR count). The van der Waals surface area contributed by atoms with Crippen molar-refractivity contribution in [3.8, 4) is 6.07 Å². The highest BCUT2D eigenvalue weighted by molar-refractivity contribution is 6.32. The minimum absolute atomic E-state index is 0.528. The molecule has 1 aromatic carbocycles. The van der Waals surface area contributed by atoms with Crippen molar-refractivity contribution >= 4 is 17.3 Å². The summed E-state index contributed by atoms with van der Waals surface area (Å²) in [6.45, 7) is 2.76. The number of nitrogens with two attached hydrogens (primary N) is 1. The van der Waals surface area contributed by atoms with E-state index in [1.54, 1.807) is 6.07 Å². The quantitative estimate of drug-likeness (QED) is 0.876. The van der Waals surface area contributed by atoms with Crippen LogP contribution >= 0.6 is 11.6 Å². The average Bonchev–Trinajstić information content (AvgIpc) is 2.38. The largest absolute Gasteiger partial charge is 0.371 e. The van der Waals surface area contributed by atoms with Crippen LogP contribution in [0, 0.1) is 17.2 Å². The Labute approximate surface area is 107 Å². The number of piperidine rings is 1. The Morgan fingerprint density at radius 3 is 3.00 bits per heavy atom. The van der Waals surface area contributed by atoms with Gasteiger partial charge < -0.3 is 10.6 Å². The first-order valence-corrected chi connectivity index (χ1v) is 6.27. The standard InChI is InChI=1S/C13H16ClN3/c14-13-6-12(4-3-11(13)8-16)17-5-1-2-10(7-15)9-17/h3-4,6,10H,1-2,5,7,9,15H2. The van der Waals surface area contributed by atoms with Crippen molar-refractivity contribution in [1.29, 1.82) is 5.26 Å². The van der Waals surface area contributed by atoms with Gasteiger partial charge in [-0.05, 0) is 43.5 Å². The summed E-state index contributed by atoms with van der Waals surface area (Å²) in [6.07, 6.45) is 2.37. The Kier molecular flexibility index (Phi) is 3.88. The molecular formula is C13H16ClN3. The predicted octanol–water partition coefficient (Wildman–Crippen LogP) is 2.39. The zero-order chi connectivity index (χ0) is 12.3. The van der Waals surface area contributed by atoms with Gasteiger partial charge in [-0.25, -0.2) is 0 Å². The van der Waals surface area contributed by atoms with Crippen molar-refractivity contribution in [2.75, 3.05) is 24.5 Å². The first-order valence-electron chi connectivity index (χ1n) is 5.89. The number of nitriles is 1. The van der Waals surface area contributed by atoms with Gasteiger partial charge in [-0.15, -0.1) is 0 Å². The highest BCUT2D eigenvalue weighted by atomic mass is 35.5. The van der Waals surface area contributed by atoms with Crippen molar-refractivity contribution in [3.05, 3.63) is 28.8 Å². The molecule has 0 amide bonds. The first kappa shape index (κ1) is 12.2. The van der Waals surface area contributed by atoms with E-state index in [4.69, 9.17) is 22.6 Å². The Balaban J connectivity index is 2.17. The number of halogens is 1. The Bertz CT molecular complexity index is 439. The topological polar surface area (TPSA) is 53.0 Å². The van der Waals surface area contributed by atoms with E-state index < -0.39 is 0 Å². The lowest BCUT2D eigenvalue weighted by Crippen LogP contribution is -2.38. The molecule has 1 aliphatic rings. The minimum Gasteiger partial charge on any atom is -0.371 e. The lowest BCUT2D eigenvalue weighted by atomic mass is 9.98. The Morgan fingerprint density at radius 1 is 1.53 bits per heavy atom. The van der Waals surface area contributed by atoms with Gasteiger partial charge in [0.25, 0.3) is 0 Å². The zero-order valence-electron chi connectivity index (χ0n) is 9.69. The smallest absolute Gasteiger partial charge is 0.101 e. The van der Waals surface area contributed by atoms with E-state index >= 15 is 0 Å². The summed E-state index contributed by atoms with van der Waals surface area (Å²) in [7, 11) is 0. The summed E-state index contributed by atoms with van der Waals surface area (Å²) in [4.78, 5) is 2.30. The fourth-order valence-electron chi connectivity index (χ4n) is 2.28. The molecule has 0 radical (unpaired) electrons. The number of nitrogens with zero attached hydrogens (tertiary/aromatic N) is 2. The van der Waals surface area contributed by atoms with Gasteiger partial charge in [-0.1, -0.05) is 11.6 Å². The summed E-state index contributed by atoms with van der Waals surface area (Å²) in [5.74, 6) is 0.568. The van der Waals surface area contributed by atoms with Crippen LogP contribution in [0.5, 0.6) is 0 Å².